The van der Waals surface area contributed by atoms with Crippen molar-refractivity contribution in [2.75, 3.05) is 13.4 Å². The first-order valence-corrected chi connectivity index (χ1v) is 7.53. The van der Waals surface area contributed by atoms with Gasteiger partial charge in [-0.2, -0.15) is 8.42 Å². The summed E-state index contributed by atoms with van der Waals surface area (Å²) in [4.78, 5) is 10.0. The van der Waals surface area contributed by atoms with Gasteiger partial charge in [0.2, 0.25) is 0 Å². The highest BCUT2D eigenvalue weighted by molar-refractivity contribution is 7.85. The lowest BCUT2D eigenvalue weighted by Gasteiger charge is -2.16. The molecular weight excluding hydrogens is 258 g/mol. The summed E-state index contributed by atoms with van der Waals surface area (Å²) in [5.74, 6) is 0. The molecule has 7 heteroatoms. The van der Waals surface area contributed by atoms with Gasteiger partial charge in [0.15, 0.2) is 0 Å². The largest absolute Gasteiger partial charge is 0.444 e. The third-order valence-electron chi connectivity index (χ3n) is 1.71. The van der Waals surface area contributed by atoms with Crippen molar-refractivity contribution in [3.05, 3.63) is 0 Å². The van der Waals surface area contributed by atoms with E-state index in [-0.39, 0.29) is 1.43 Å². The molecule has 0 spiro atoms. The van der Waals surface area contributed by atoms with Crippen LogP contribution in [0, 0.1) is 0 Å². The maximum atomic E-state index is 10.0. The lowest BCUT2D eigenvalue weighted by Crippen LogP contribution is -2.27. The summed E-state index contributed by atoms with van der Waals surface area (Å²) in [5.41, 5.74) is 4.26. The molecule has 0 bridgehead atoms. The van der Waals surface area contributed by atoms with Gasteiger partial charge < -0.3 is 10.5 Å². The summed E-state index contributed by atoms with van der Waals surface area (Å²) < 4.78 is 28.0. The Bertz CT molecular complexity index is 316. The maximum Gasteiger partial charge on any atom is 0.405 e. The van der Waals surface area contributed by atoms with Crippen molar-refractivity contribution in [2.45, 2.75) is 52.1 Å². The van der Waals surface area contributed by atoms with Crippen molar-refractivity contribution < 1.29 is 23.6 Å². The molecule has 1 fully saturated rings. The zero-order valence-corrected chi connectivity index (χ0v) is 12.7. The monoisotopic (exact) mass is 285 g/mol. The molecule has 0 atom stereocenters. The Kier molecular flexibility index (Phi) is 9.93. The number of rotatable bonds is 1. The lowest BCUT2D eigenvalue weighted by molar-refractivity contribution is 0.0600. The van der Waals surface area contributed by atoms with Crippen LogP contribution in [0.15, 0.2) is 0 Å². The second-order valence-electron chi connectivity index (χ2n) is 4.82. The van der Waals surface area contributed by atoms with Gasteiger partial charge in [-0.25, -0.2) is 4.79 Å². The van der Waals surface area contributed by atoms with Gasteiger partial charge in [0.1, 0.15) is 5.60 Å². The van der Waals surface area contributed by atoms with Crippen molar-refractivity contribution in [1.29, 1.82) is 0 Å². The van der Waals surface area contributed by atoms with Crippen LogP contribution in [0.4, 0.5) is 4.79 Å². The van der Waals surface area contributed by atoms with Crippen molar-refractivity contribution in [1.82, 2.24) is 0 Å². The van der Waals surface area contributed by atoms with E-state index >= 15 is 0 Å². The summed E-state index contributed by atoms with van der Waals surface area (Å²) >= 11 is 0. The van der Waals surface area contributed by atoms with E-state index in [1.165, 1.54) is 25.7 Å². The van der Waals surface area contributed by atoms with Crippen LogP contribution in [0.1, 0.15) is 47.9 Å². The zero-order valence-electron chi connectivity index (χ0n) is 11.9. The van der Waals surface area contributed by atoms with Crippen LogP contribution in [0.3, 0.4) is 0 Å². The van der Waals surface area contributed by atoms with Crippen LogP contribution in [-0.4, -0.2) is 33.5 Å². The summed E-state index contributed by atoms with van der Waals surface area (Å²) in [6, 6.07) is 0. The van der Waals surface area contributed by atoms with Gasteiger partial charge in [0.05, 0.1) is 13.4 Å². The summed E-state index contributed by atoms with van der Waals surface area (Å²) in [7, 11) is -2.04. The van der Waals surface area contributed by atoms with E-state index < -0.39 is 21.8 Å². The Hall–Kier alpha value is -0.820. The van der Waals surface area contributed by atoms with E-state index in [1.807, 2.05) is 0 Å². The van der Waals surface area contributed by atoms with Gasteiger partial charge in [-0.1, -0.05) is 25.7 Å². The van der Waals surface area contributed by atoms with Gasteiger partial charge in [-0.05, 0) is 20.8 Å². The van der Waals surface area contributed by atoms with Gasteiger partial charge in [-0.15, -0.1) is 0 Å². The summed E-state index contributed by atoms with van der Waals surface area (Å²) in [5, 5.41) is 0. The van der Waals surface area contributed by atoms with E-state index in [2.05, 4.69) is 8.92 Å². The normalized spacial score (nSPS) is 14.1. The molecule has 1 rings (SSSR count). The van der Waals surface area contributed by atoms with Crippen molar-refractivity contribution in [3.8, 4) is 0 Å². The van der Waals surface area contributed by atoms with Crippen molar-refractivity contribution >= 4 is 16.2 Å². The average molecular weight is 285 g/mol. The summed E-state index contributed by atoms with van der Waals surface area (Å²) in [6.45, 7) is 5.28. The van der Waals surface area contributed by atoms with Crippen LogP contribution in [0.2, 0.25) is 0 Å². The van der Waals surface area contributed by atoms with Crippen LogP contribution in [-0.2, 0) is 19.0 Å². The second kappa shape index (κ2) is 9.16. The fraction of sp³-hybridized carbons (Fsp3) is 0.909. The Labute approximate surface area is 111 Å². The molecule has 0 unspecified atom stereocenters. The molecule has 0 aromatic carbocycles. The first-order valence-electron chi connectivity index (χ1n) is 5.72. The third kappa shape index (κ3) is 24.4. The highest BCUT2D eigenvalue weighted by Crippen LogP contribution is 2.15. The van der Waals surface area contributed by atoms with Crippen LogP contribution >= 0.6 is 0 Å². The number of hydrogen-bond donors (Lipinski definition) is 1. The number of carbonyl (C=O) groups is 1. The molecule has 1 amide bonds. The molecule has 1 aliphatic rings. The average Bonchev–Trinajstić information content (AvgIpc) is 1.95. The van der Waals surface area contributed by atoms with Crippen molar-refractivity contribution in [3.63, 3.8) is 0 Å². The number of primary amides is 1. The minimum absolute atomic E-state index is 0. The fourth-order valence-corrected chi connectivity index (χ4v) is 0.552. The standard InChI is InChI=1S/C5H11NO2.C4H8.C2H6O3S.H2/c1-5(2,3)8-4(6)7;1-2-4-3-1;1-5-6(2,3)4;/h1-3H3,(H2,6,7);1-4H2;1-2H3;1H. The number of ether oxygens (including phenoxy) is 1. The van der Waals surface area contributed by atoms with E-state index in [4.69, 9.17) is 5.73 Å². The smallest absolute Gasteiger partial charge is 0.405 e. The molecule has 6 nitrogen and oxygen atoms in total. The van der Waals surface area contributed by atoms with E-state index in [9.17, 15) is 13.2 Å². The molecule has 0 aliphatic heterocycles. The van der Waals surface area contributed by atoms with Crippen LogP contribution < -0.4 is 5.73 Å². The Morgan fingerprint density at radius 1 is 1.17 bits per heavy atom. The predicted octanol–water partition coefficient (Wildman–Crippen LogP) is 2.28. The first-order chi connectivity index (χ1) is 7.98. The first kappa shape index (κ1) is 19.5. The van der Waals surface area contributed by atoms with E-state index in [0.29, 0.717) is 0 Å². The van der Waals surface area contributed by atoms with Crippen LogP contribution in [0.25, 0.3) is 0 Å². The van der Waals surface area contributed by atoms with Gasteiger partial charge in [0, 0.05) is 1.43 Å². The van der Waals surface area contributed by atoms with Gasteiger partial charge >= 0.3 is 6.09 Å². The van der Waals surface area contributed by atoms with Crippen LogP contribution in [0.5, 0.6) is 0 Å². The minimum atomic E-state index is -3.16. The molecule has 1 saturated carbocycles. The summed E-state index contributed by atoms with van der Waals surface area (Å²) in [6.07, 6.45) is 6.27. The lowest BCUT2D eigenvalue weighted by atomic mass is 10.0. The second-order valence-corrected chi connectivity index (χ2v) is 6.56. The molecule has 0 radical (unpaired) electrons. The zero-order chi connectivity index (χ0) is 14.8. The van der Waals surface area contributed by atoms with E-state index in [1.54, 1.807) is 20.8 Å². The predicted molar refractivity (Wildman–Crippen MR) is 72.9 cm³/mol. The molecule has 112 valence electrons. The Balaban J connectivity index is -0.000000206. The van der Waals surface area contributed by atoms with E-state index in [0.717, 1.165) is 13.4 Å². The van der Waals surface area contributed by atoms with Gasteiger partial charge in [0.25, 0.3) is 10.1 Å². The topological polar surface area (TPSA) is 95.7 Å². The molecule has 0 heterocycles. The fourth-order valence-electron chi connectivity index (χ4n) is 0.552. The molecule has 18 heavy (non-hydrogen) atoms. The third-order valence-corrected chi connectivity index (χ3v) is 2.32. The number of carbonyl (C=O) groups excluding carboxylic acids is 1. The van der Waals surface area contributed by atoms with Crippen molar-refractivity contribution in [2.24, 2.45) is 5.73 Å². The molecule has 2 N–H and O–H groups in total. The highest BCUT2D eigenvalue weighted by atomic mass is 32.2. The molecule has 1 aliphatic carbocycles. The highest BCUT2D eigenvalue weighted by Gasteiger charge is 2.12. The SMILES string of the molecule is C1CCC1.CC(C)(C)OC(N)=O.COS(C)(=O)=O.[HH]. The van der Waals surface area contributed by atoms with Gasteiger partial charge in [-0.3, -0.25) is 4.18 Å². The number of nitrogens with two attached hydrogens (primary N) is 1. The quantitative estimate of drug-likeness (QED) is 0.746. The molecule has 0 saturated heterocycles. The Morgan fingerprint density at radius 2 is 1.44 bits per heavy atom. The minimum Gasteiger partial charge on any atom is -0.444 e. The molecular formula is C11H27NO5S. The molecule has 0 aromatic heterocycles. The maximum absolute atomic E-state index is 10.0. The molecule has 0 aromatic rings. The number of amides is 1. The Morgan fingerprint density at radius 3 is 1.44 bits per heavy atom. The number of hydrogen-bond acceptors (Lipinski definition) is 5.